The summed E-state index contributed by atoms with van der Waals surface area (Å²) >= 11 is 0. The molecule has 0 saturated carbocycles. The van der Waals surface area contributed by atoms with Gasteiger partial charge in [-0.25, -0.2) is 0 Å². The third kappa shape index (κ3) is 3.59. The number of rotatable bonds is 2. The molecule has 0 spiro atoms. The second-order valence-corrected chi connectivity index (χ2v) is 4.74. The van der Waals surface area contributed by atoms with E-state index in [1.165, 1.54) is 0 Å². The molecule has 1 heteroatoms. The molecule has 0 heterocycles. The Kier molecular flexibility index (Phi) is 3.68. The lowest BCUT2D eigenvalue weighted by atomic mass is 9.81. The molecular weight excluding hydrogens is 182 g/mol. The van der Waals surface area contributed by atoms with E-state index in [0.29, 0.717) is 0 Å². The maximum atomic E-state index is 9.04. The van der Waals surface area contributed by atoms with Crippen LogP contribution in [0.15, 0.2) is 36.4 Å². The third-order valence-corrected chi connectivity index (χ3v) is 2.35. The second kappa shape index (κ2) is 4.79. The van der Waals surface area contributed by atoms with Gasteiger partial charge in [-0.3, -0.25) is 0 Å². The average Bonchev–Trinajstić information content (AvgIpc) is 2.18. The summed E-state index contributed by atoms with van der Waals surface area (Å²) in [4.78, 5) is 0. The van der Waals surface area contributed by atoms with Crippen LogP contribution in [0.5, 0.6) is 0 Å². The summed E-state index contributed by atoms with van der Waals surface area (Å²) in [5.41, 5.74) is 1.14. The van der Waals surface area contributed by atoms with Crippen molar-refractivity contribution in [1.82, 2.24) is 0 Å². The van der Waals surface area contributed by atoms with E-state index in [1.54, 1.807) is 0 Å². The van der Waals surface area contributed by atoms with E-state index in [4.69, 9.17) is 5.26 Å². The highest BCUT2D eigenvalue weighted by Crippen LogP contribution is 2.26. The van der Waals surface area contributed by atoms with Gasteiger partial charge in [-0.2, -0.15) is 5.26 Å². The van der Waals surface area contributed by atoms with Crippen LogP contribution < -0.4 is 0 Å². The summed E-state index contributed by atoms with van der Waals surface area (Å²) in [6.07, 6.45) is 3.99. The fourth-order valence-electron chi connectivity index (χ4n) is 1.30. The molecule has 0 radical (unpaired) electrons. The zero-order valence-electron chi connectivity index (χ0n) is 9.57. The molecule has 0 amide bonds. The summed E-state index contributed by atoms with van der Waals surface area (Å²) in [5.74, 6) is -0.0438. The first-order valence-corrected chi connectivity index (χ1v) is 5.17. The summed E-state index contributed by atoms with van der Waals surface area (Å²) in [5, 5.41) is 9.04. The van der Waals surface area contributed by atoms with Gasteiger partial charge in [0.15, 0.2) is 0 Å². The standard InChI is InChI=1S/C14H17N/c1-14(2,3)13(11-15)10-9-12-7-5-4-6-8-12/h4-10,13H,1-3H3/b10-9+/t13-/m0/s1. The van der Waals surface area contributed by atoms with Crippen molar-refractivity contribution in [3.05, 3.63) is 42.0 Å². The predicted molar refractivity (Wildman–Crippen MR) is 64.0 cm³/mol. The van der Waals surface area contributed by atoms with Crippen LogP contribution in [0.1, 0.15) is 26.3 Å². The number of nitrogens with zero attached hydrogens (tertiary/aromatic N) is 1. The molecule has 1 aromatic carbocycles. The molecule has 1 rings (SSSR count). The molecule has 1 aromatic rings. The first kappa shape index (κ1) is 11.5. The molecule has 1 atom stereocenters. The minimum absolute atomic E-state index is 0.0000301. The molecular formula is C14H17N. The van der Waals surface area contributed by atoms with Crippen LogP contribution in [-0.2, 0) is 0 Å². The van der Waals surface area contributed by atoms with E-state index in [1.807, 2.05) is 42.5 Å². The Balaban J connectivity index is 2.78. The van der Waals surface area contributed by atoms with E-state index in [0.717, 1.165) is 5.56 Å². The number of hydrogen-bond acceptors (Lipinski definition) is 1. The van der Waals surface area contributed by atoms with Gasteiger partial charge in [-0.1, -0.05) is 63.3 Å². The van der Waals surface area contributed by atoms with Gasteiger partial charge in [0.2, 0.25) is 0 Å². The van der Waals surface area contributed by atoms with E-state index in [-0.39, 0.29) is 11.3 Å². The Labute approximate surface area is 92.1 Å². The maximum absolute atomic E-state index is 9.04. The summed E-state index contributed by atoms with van der Waals surface area (Å²) in [6, 6.07) is 12.4. The highest BCUT2D eigenvalue weighted by atomic mass is 14.3. The molecule has 15 heavy (non-hydrogen) atoms. The van der Waals surface area contributed by atoms with Gasteiger partial charge in [0, 0.05) is 0 Å². The highest BCUT2D eigenvalue weighted by molar-refractivity contribution is 5.49. The summed E-state index contributed by atoms with van der Waals surface area (Å²) in [7, 11) is 0. The van der Waals surface area contributed by atoms with E-state index in [9.17, 15) is 0 Å². The van der Waals surface area contributed by atoms with Crippen molar-refractivity contribution >= 4 is 6.08 Å². The Morgan fingerprint density at radius 2 is 1.80 bits per heavy atom. The quantitative estimate of drug-likeness (QED) is 0.709. The number of nitriles is 1. The molecule has 0 aromatic heterocycles. The molecule has 0 unspecified atom stereocenters. The third-order valence-electron chi connectivity index (χ3n) is 2.35. The molecule has 0 fully saturated rings. The van der Waals surface area contributed by atoms with E-state index in [2.05, 4.69) is 26.8 Å². The van der Waals surface area contributed by atoms with Gasteiger partial charge in [0.05, 0.1) is 12.0 Å². The minimum atomic E-state index is -0.0438. The summed E-state index contributed by atoms with van der Waals surface area (Å²) in [6.45, 7) is 6.24. The van der Waals surface area contributed by atoms with Crippen molar-refractivity contribution in [2.75, 3.05) is 0 Å². The lowest BCUT2D eigenvalue weighted by Crippen LogP contribution is -2.16. The van der Waals surface area contributed by atoms with Crippen molar-refractivity contribution < 1.29 is 0 Å². The molecule has 0 aliphatic carbocycles. The van der Waals surface area contributed by atoms with Crippen LogP contribution in [0.4, 0.5) is 0 Å². The molecule has 78 valence electrons. The summed E-state index contributed by atoms with van der Waals surface area (Å²) < 4.78 is 0. The second-order valence-electron chi connectivity index (χ2n) is 4.74. The van der Waals surface area contributed by atoms with Gasteiger partial charge in [0.1, 0.15) is 0 Å². The van der Waals surface area contributed by atoms with E-state index < -0.39 is 0 Å². The maximum Gasteiger partial charge on any atom is 0.0703 e. The molecule has 0 aliphatic rings. The molecule has 1 nitrogen and oxygen atoms in total. The lowest BCUT2D eigenvalue weighted by Gasteiger charge is -2.21. The van der Waals surface area contributed by atoms with E-state index >= 15 is 0 Å². The average molecular weight is 199 g/mol. The first-order valence-electron chi connectivity index (χ1n) is 5.17. The SMILES string of the molecule is CC(C)(C)[C@H](C#N)/C=C/c1ccccc1. The van der Waals surface area contributed by atoms with Crippen LogP contribution in [0.25, 0.3) is 6.08 Å². The molecule has 0 N–H and O–H groups in total. The smallest absolute Gasteiger partial charge is 0.0703 e. The Morgan fingerprint density at radius 3 is 2.27 bits per heavy atom. The molecule has 0 aliphatic heterocycles. The first-order chi connectivity index (χ1) is 7.04. The monoisotopic (exact) mass is 199 g/mol. The fourth-order valence-corrected chi connectivity index (χ4v) is 1.30. The van der Waals surface area contributed by atoms with Gasteiger partial charge < -0.3 is 0 Å². The Bertz CT molecular complexity index is 363. The minimum Gasteiger partial charge on any atom is -0.198 e. The van der Waals surface area contributed by atoms with Gasteiger partial charge in [0.25, 0.3) is 0 Å². The van der Waals surface area contributed by atoms with Crippen molar-refractivity contribution in [3.63, 3.8) is 0 Å². The lowest BCUT2D eigenvalue weighted by molar-refractivity contribution is 0.351. The topological polar surface area (TPSA) is 23.8 Å². The van der Waals surface area contributed by atoms with Crippen molar-refractivity contribution in [1.29, 1.82) is 5.26 Å². The number of allylic oxidation sites excluding steroid dienone is 1. The predicted octanol–water partition coefficient (Wildman–Crippen LogP) is 3.89. The Morgan fingerprint density at radius 1 is 1.20 bits per heavy atom. The van der Waals surface area contributed by atoms with Gasteiger partial charge in [-0.15, -0.1) is 0 Å². The zero-order valence-corrected chi connectivity index (χ0v) is 9.57. The van der Waals surface area contributed by atoms with Crippen molar-refractivity contribution in [3.8, 4) is 6.07 Å². The van der Waals surface area contributed by atoms with Gasteiger partial charge in [-0.05, 0) is 11.0 Å². The van der Waals surface area contributed by atoms with Gasteiger partial charge >= 0.3 is 0 Å². The fraction of sp³-hybridized carbons (Fsp3) is 0.357. The van der Waals surface area contributed by atoms with Crippen molar-refractivity contribution in [2.24, 2.45) is 11.3 Å². The highest BCUT2D eigenvalue weighted by Gasteiger charge is 2.21. The van der Waals surface area contributed by atoms with Crippen LogP contribution in [0.3, 0.4) is 0 Å². The number of hydrogen-bond donors (Lipinski definition) is 0. The molecule has 0 bridgehead atoms. The normalized spacial score (nSPS) is 13.7. The zero-order chi connectivity index (χ0) is 11.3. The van der Waals surface area contributed by atoms with Crippen LogP contribution in [0.2, 0.25) is 0 Å². The Hall–Kier alpha value is -1.55. The number of benzene rings is 1. The molecule has 0 saturated heterocycles. The van der Waals surface area contributed by atoms with Crippen LogP contribution in [0, 0.1) is 22.7 Å². The van der Waals surface area contributed by atoms with Crippen LogP contribution in [-0.4, -0.2) is 0 Å². The largest absolute Gasteiger partial charge is 0.198 e. The van der Waals surface area contributed by atoms with Crippen LogP contribution >= 0.6 is 0 Å². The van der Waals surface area contributed by atoms with Crippen molar-refractivity contribution in [2.45, 2.75) is 20.8 Å².